The smallest absolute Gasteiger partial charge is 0.261 e. The topological polar surface area (TPSA) is 58.5 Å². The van der Waals surface area contributed by atoms with Crippen molar-refractivity contribution in [2.24, 2.45) is 5.16 Å². The summed E-state index contributed by atoms with van der Waals surface area (Å²) in [5.41, 5.74) is 1.51. The van der Waals surface area contributed by atoms with Crippen molar-refractivity contribution >= 4 is 11.5 Å². The quantitative estimate of drug-likeness (QED) is 0.781. The van der Waals surface area contributed by atoms with Gasteiger partial charge in [-0.2, -0.15) is 0 Å². The summed E-state index contributed by atoms with van der Waals surface area (Å²) in [7, 11) is 1.58. The summed E-state index contributed by atoms with van der Waals surface area (Å²) < 4.78 is 22.5. The third kappa shape index (κ3) is 3.96. The molecule has 0 aromatic heterocycles. The fraction of sp³-hybridized carbons (Fsp3) is 0.471. The molecule has 1 fully saturated rings. The minimum absolute atomic E-state index is 0.223. The van der Waals surface area contributed by atoms with Crippen molar-refractivity contribution in [2.75, 3.05) is 26.9 Å². The molecule has 1 unspecified atom stereocenters. The summed E-state index contributed by atoms with van der Waals surface area (Å²) in [4.78, 5) is 5.12. The maximum Gasteiger partial charge on any atom is 0.261 e. The molecule has 3 rings (SSSR count). The minimum Gasteiger partial charge on any atom is -0.504 e. The molecule has 0 amide bonds. The van der Waals surface area contributed by atoms with Gasteiger partial charge in [-0.05, 0) is 24.1 Å². The second kappa shape index (κ2) is 7.87. The van der Waals surface area contributed by atoms with Crippen LogP contribution >= 0.6 is 0 Å². The van der Waals surface area contributed by atoms with E-state index in [4.69, 9.17) is 23.8 Å². The van der Waals surface area contributed by atoms with E-state index in [0.29, 0.717) is 30.4 Å². The Morgan fingerprint density at radius 3 is 2.87 bits per heavy atom. The van der Waals surface area contributed by atoms with Gasteiger partial charge in [-0.25, -0.2) is 0 Å². The van der Waals surface area contributed by atoms with Crippen LogP contribution in [0.1, 0.15) is 24.8 Å². The first-order chi connectivity index (χ1) is 11.4. The number of hydrogen-bond acceptors (Lipinski definition) is 6. The van der Waals surface area contributed by atoms with Crippen LogP contribution in [0, 0.1) is 0 Å². The average molecular weight is 319 g/mol. The molecule has 1 saturated heterocycles. The maximum absolute atomic E-state index is 6.03. The molecule has 6 nitrogen and oxygen atoms in total. The van der Waals surface area contributed by atoms with Crippen LogP contribution in [0.3, 0.4) is 0 Å². The normalized spacial score (nSPS) is 21.7. The molecule has 0 radical (unpaired) electrons. The molecular formula is C17H21NO5. The van der Waals surface area contributed by atoms with E-state index >= 15 is 0 Å². The molecular weight excluding hydrogens is 298 g/mol. The molecule has 1 atom stereocenters. The number of methoxy groups -OCH3 is 1. The van der Waals surface area contributed by atoms with Gasteiger partial charge in [0.25, 0.3) is 5.90 Å². The van der Waals surface area contributed by atoms with Gasteiger partial charge >= 0.3 is 0 Å². The van der Waals surface area contributed by atoms with E-state index in [0.717, 1.165) is 31.4 Å². The number of benzene rings is 1. The molecule has 124 valence electrons. The molecule has 0 aliphatic carbocycles. The minimum atomic E-state index is -0.223. The predicted molar refractivity (Wildman–Crippen MR) is 85.0 cm³/mol. The zero-order chi connectivity index (χ0) is 15.9. The molecule has 0 spiro atoms. The van der Waals surface area contributed by atoms with Crippen LogP contribution < -0.4 is 4.74 Å². The first-order valence-corrected chi connectivity index (χ1v) is 7.82. The summed E-state index contributed by atoms with van der Waals surface area (Å²) in [6.07, 6.45) is 4.43. The van der Waals surface area contributed by atoms with Crippen molar-refractivity contribution in [3.63, 3.8) is 0 Å². The van der Waals surface area contributed by atoms with Gasteiger partial charge in [0.2, 0.25) is 0 Å². The van der Waals surface area contributed by atoms with E-state index < -0.39 is 0 Å². The Hall–Kier alpha value is -2.21. The predicted octanol–water partition coefficient (Wildman–Crippen LogP) is 2.94. The molecule has 0 bridgehead atoms. The summed E-state index contributed by atoms with van der Waals surface area (Å²) in [6.45, 7) is 1.63. The third-order valence-corrected chi connectivity index (χ3v) is 3.60. The van der Waals surface area contributed by atoms with E-state index in [1.165, 1.54) is 0 Å². The van der Waals surface area contributed by atoms with Crippen LogP contribution in [-0.2, 0) is 19.0 Å². The zero-order valence-electron chi connectivity index (χ0n) is 13.2. The Morgan fingerprint density at radius 1 is 1.22 bits per heavy atom. The molecule has 2 aliphatic heterocycles. The lowest BCUT2D eigenvalue weighted by atomic mass is 10.1. The lowest BCUT2D eigenvalue weighted by Crippen LogP contribution is -2.25. The molecule has 2 aliphatic rings. The van der Waals surface area contributed by atoms with Crippen LogP contribution in [0.2, 0.25) is 0 Å². The van der Waals surface area contributed by atoms with Crippen LogP contribution in [-0.4, -0.2) is 39.1 Å². The van der Waals surface area contributed by atoms with Gasteiger partial charge in [-0.15, -0.1) is 0 Å². The van der Waals surface area contributed by atoms with E-state index in [1.807, 2.05) is 24.3 Å². The number of hydrogen-bond donors (Lipinski definition) is 0. The Labute approximate surface area is 135 Å². The number of rotatable bonds is 5. The fourth-order valence-corrected chi connectivity index (χ4v) is 2.52. The lowest BCUT2D eigenvalue weighted by molar-refractivity contribution is -0.106. The van der Waals surface area contributed by atoms with Crippen LogP contribution in [0.15, 0.2) is 35.7 Å². The van der Waals surface area contributed by atoms with Crippen LogP contribution in [0.25, 0.3) is 5.57 Å². The number of para-hydroxylation sites is 1. The molecule has 0 saturated carbocycles. The second-order valence-electron chi connectivity index (χ2n) is 5.26. The molecule has 23 heavy (non-hydrogen) atoms. The van der Waals surface area contributed by atoms with Gasteiger partial charge in [0.15, 0.2) is 12.9 Å². The SMILES string of the molecule is COC=C(C1=NOCCO1)c1ccccc1OC1CCCCO1. The highest BCUT2D eigenvalue weighted by molar-refractivity contribution is 6.20. The highest BCUT2D eigenvalue weighted by Gasteiger charge is 2.22. The van der Waals surface area contributed by atoms with E-state index in [9.17, 15) is 0 Å². The van der Waals surface area contributed by atoms with E-state index in [1.54, 1.807) is 13.4 Å². The summed E-state index contributed by atoms with van der Waals surface area (Å²) >= 11 is 0. The van der Waals surface area contributed by atoms with Gasteiger partial charge in [0, 0.05) is 12.0 Å². The fourth-order valence-electron chi connectivity index (χ4n) is 2.52. The van der Waals surface area contributed by atoms with Gasteiger partial charge in [0.1, 0.15) is 12.4 Å². The van der Waals surface area contributed by atoms with Crippen LogP contribution in [0.4, 0.5) is 0 Å². The highest BCUT2D eigenvalue weighted by Crippen LogP contribution is 2.30. The van der Waals surface area contributed by atoms with Crippen molar-refractivity contribution < 1.29 is 23.8 Å². The molecule has 2 heterocycles. The molecule has 1 aromatic carbocycles. The molecule has 0 N–H and O–H groups in total. The number of ether oxygens (including phenoxy) is 4. The van der Waals surface area contributed by atoms with E-state index in [-0.39, 0.29) is 6.29 Å². The average Bonchev–Trinajstić information content (AvgIpc) is 2.62. The van der Waals surface area contributed by atoms with Gasteiger partial charge in [-0.3, -0.25) is 0 Å². The van der Waals surface area contributed by atoms with Crippen molar-refractivity contribution in [3.8, 4) is 5.75 Å². The van der Waals surface area contributed by atoms with Gasteiger partial charge in [0.05, 0.1) is 25.6 Å². The molecule has 1 aromatic rings. The standard InChI is InChI=1S/C17H21NO5/c1-19-12-14(17-18-22-11-10-21-17)13-6-2-3-7-15(13)23-16-8-4-5-9-20-16/h2-3,6-7,12,16H,4-5,8-11H2,1H3. The maximum atomic E-state index is 6.03. The first-order valence-electron chi connectivity index (χ1n) is 7.82. The summed E-state index contributed by atoms with van der Waals surface area (Å²) in [5, 5.41) is 3.97. The lowest BCUT2D eigenvalue weighted by Gasteiger charge is -2.25. The van der Waals surface area contributed by atoms with Crippen molar-refractivity contribution in [1.82, 2.24) is 0 Å². The van der Waals surface area contributed by atoms with Crippen molar-refractivity contribution in [3.05, 3.63) is 36.1 Å². The van der Waals surface area contributed by atoms with Crippen molar-refractivity contribution in [1.29, 1.82) is 0 Å². The zero-order valence-corrected chi connectivity index (χ0v) is 13.2. The van der Waals surface area contributed by atoms with E-state index in [2.05, 4.69) is 5.16 Å². The highest BCUT2D eigenvalue weighted by atomic mass is 16.7. The third-order valence-electron chi connectivity index (χ3n) is 3.60. The van der Waals surface area contributed by atoms with Gasteiger partial charge in [-0.1, -0.05) is 18.2 Å². The summed E-state index contributed by atoms with van der Waals surface area (Å²) in [5.74, 6) is 1.10. The van der Waals surface area contributed by atoms with Crippen molar-refractivity contribution in [2.45, 2.75) is 25.6 Å². The van der Waals surface area contributed by atoms with Crippen LogP contribution in [0.5, 0.6) is 5.75 Å². The summed E-state index contributed by atoms with van der Waals surface area (Å²) in [6, 6.07) is 7.69. The Morgan fingerprint density at radius 2 is 2.13 bits per heavy atom. The molecule has 6 heteroatoms. The Balaban J connectivity index is 1.87. The second-order valence-corrected chi connectivity index (χ2v) is 5.26. The monoisotopic (exact) mass is 319 g/mol. The number of nitrogens with zero attached hydrogens (tertiary/aromatic N) is 1. The number of oxime groups is 1. The largest absolute Gasteiger partial charge is 0.504 e. The first kappa shape index (κ1) is 15.7. The van der Waals surface area contributed by atoms with Gasteiger partial charge < -0.3 is 23.8 Å². The Bertz CT molecular complexity index is 578. The Kier molecular flexibility index (Phi) is 5.37.